The number of aromatic nitrogens is 2. The summed E-state index contributed by atoms with van der Waals surface area (Å²) in [6.07, 6.45) is 3.70. The van der Waals surface area contributed by atoms with Gasteiger partial charge in [0.1, 0.15) is 11.9 Å². The first kappa shape index (κ1) is 16.2. The van der Waals surface area contributed by atoms with Gasteiger partial charge in [0.05, 0.1) is 12.8 Å². The first-order valence-corrected chi connectivity index (χ1v) is 8.33. The van der Waals surface area contributed by atoms with Crippen molar-refractivity contribution in [2.45, 2.75) is 52.8 Å². The second-order valence-corrected chi connectivity index (χ2v) is 6.60. The monoisotopic (exact) mass is 319 g/mol. The summed E-state index contributed by atoms with van der Waals surface area (Å²) in [6, 6.07) is 2.05. The van der Waals surface area contributed by atoms with Gasteiger partial charge in [-0.1, -0.05) is 19.0 Å². The summed E-state index contributed by atoms with van der Waals surface area (Å²) in [6.45, 7) is 9.43. The number of rotatable bonds is 6. The number of nitrogens with zero attached hydrogens (tertiary/aromatic N) is 3. The van der Waals surface area contributed by atoms with Crippen molar-refractivity contribution >= 4 is 0 Å². The highest BCUT2D eigenvalue weighted by Gasteiger charge is 2.20. The number of aryl methyl sites for hydroxylation is 1. The average Bonchev–Trinajstić information content (AvgIpc) is 3.11. The van der Waals surface area contributed by atoms with Gasteiger partial charge in [0.2, 0.25) is 5.89 Å². The molecule has 0 bridgehead atoms. The highest BCUT2D eigenvalue weighted by molar-refractivity contribution is 5.18. The van der Waals surface area contributed by atoms with E-state index in [9.17, 15) is 0 Å². The second-order valence-electron chi connectivity index (χ2n) is 6.60. The van der Waals surface area contributed by atoms with Gasteiger partial charge < -0.3 is 13.7 Å². The normalized spacial score (nSPS) is 17.2. The third kappa shape index (κ3) is 4.20. The van der Waals surface area contributed by atoms with E-state index in [1.165, 1.54) is 5.56 Å². The third-order valence-electron chi connectivity index (χ3n) is 4.00. The minimum atomic E-state index is -0.139. The molecular weight excluding hydrogens is 294 g/mol. The van der Waals surface area contributed by atoms with Crippen molar-refractivity contribution in [2.75, 3.05) is 13.2 Å². The lowest BCUT2D eigenvalue weighted by Gasteiger charge is -2.17. The molecule has 0 aromatic carbocycles. The average molecular weight is 319 g/mol. The van der Waals surface area contributed by atoms with Crippen molar-refractivity contribution in [2.24, 2.45) is 5.92 Å². The van der Waals surface area contributed by atoms with Crippen LogP contribution in [-0.4, -0.2) is 28.2 Å². The molecule has 23 heavy (non-hydrogen) atoms. The van der Waals surface area contributed by atoms with Crippen LogP contribution in [0.25, 0.3) is 0 Å². The standard InChI is InChI=1S/C17H25N3O3/c1-12(2)11-22-13(3)17-18-16(23-19-17)10-20-7-4-5-15-14(9-20)6-8-21-15/h6,8,12-13H,4-5,7,9-11H2,1-3H3. The van der Waals surface area contributed by atoms with Gasteiger partial charge >= 0.3 is 0 Å². The smallest absolute Gasteiger partial charge is 0.240 e. The van der Waals surface area contributed by atoms with Crippen molar-refractivity contribution < 1.29 is 13.7 Å². The summed E-state index contributed by atoms with van der Waals surface area (Å²) in [5.41, 5.74) is 1.26. The van der Waals surface area contributed by atoms with E-state index in [1.807, 2.05) is 6.92 Å². The fourth-order valence-electron chi connectivity index (χ4n) is 2.75. The van der Waals surface area contributed by atoms with Gasteiger partial charge in [-0.15, -0.1) is 0 Å². The Hall–Kier alpha value is -1.66. The zero-order chi connectivity index (χ0) is 16.2. The summed E-state index contributed by atoms with van der Waals surface area (Å²) < 4.78 is 16.7. The Morgan fingerprint density at radius 3 is 3.04 bits per heavy atom. The Balaban J connectivity index is 1.58. The Kier molecular flexibility index (Phi) is 5.13. The predicted molar refractivity (Wildman–Crippen MR) is 84.6 cm³/mol. The summed E-state index contributed by atoms with van der Waals surface area (Å²) in [4.78, 5) is 6.81. The first-order chi connectivity index (χ1) is 11.1. The summed E-state index contributed by atoms with van der Waals surface area (Å²) in [5, 5.41) is 4.06. The van der Waals surface area contributed by atoms with E-state index in [1.54, 1.807) is 6.26 Å². The number of hydrogen-bond acceptors (Lipinski definition) is 6. The molecule has 0 fully saturated rings. The van der Waals surface area contributed by atoms with Crippen LogP contribution in [0.4, 0.5) is 0 Å². The second kappa shape index (κ2) is 7.27. The molecular formula is C17H25N3O3. The van der Waals surface area contributed by atoms with E-state index in [2.05, 4.69) is 35.0 Å². The number of ether oxygens (including phenoxy) is 1. The fourth-order valence-corrected chi connectivity index (χ4v) is 2.75. The SMILES string of the molecule is CC(C)COC(C)c1noc(CN2CCCc3occc3C2)n1. The lowest BCUT2D eigenvalue weighted by Crippen LogP contribution is -2.22. The van der Waals surface area contributed by atoms with Crippen LogP contribution < -0.4 is 0 Å². The molecule has 1 aliphatic rings. The maximum absolute atomic E-state index is 5.74. The molecule has 2 aromatic heterocycles. The van der Waals surface area contributed by atoms with Gasteiger partial charge in [-0.25, -0.2) is 0 Å². The molecule has 3 heterocycles. The molecule has 6 heteroatoms. The Labute approximate surface area is 136 Å². The largest absolute Gasteiger partial charge is 0.469 e. The summed E-state index contributed by atoms with van der Waals surface area (Å²) in [7, 11) is 0. The molecule has 6 nitrogen and oxygen atoms in total. The molecule has 2 aromatic rings. The van der Waals surface area contributed by atoms with E-state index in [4.69, 9.17) is 13.7 Å². The van der Waals surface area contributed by atoms with Crippen molar-refractivity contribution in [3.8, 4) is 0 Å². The quantitative estimate of drug-likeness (QED) is 0.813. The van der Waals surface area contributed by atoms with Crippen molar-refractivity contribution in [3.63, 3.8) is 0 Å². The molecule has 0 saturated carbocycles. The van der Waals surface area contributed by atoms with Crippen LogP contribution in [-0.2, 0) is 24.2 Å². The summed E-state index contributed by atoms with van der Waals surface area (Å²) in [5.74, 6) is 2.87. The van der Waals surface area contributed by atoms with Crippen molar-refractivity contribution in [3.05, 3.63) is 35.4 Å². The highest BCUT2D eigenvalue weighted by Crippen LogP contribution is 2.21. The first-order valence-electron chi connectivity index (χ1n) is 8.33. The maximum Gasteiger partial charge on any atom is 0.240 e. The van der Waals surface area contributed by atoms with E-state index >= 15 is 0 Å². The number of fused-ring (bicyclic) bond motifs is 1. The molecule has 0 saturated heterocycles. The topological polar surface area (TPSA) is 64.5 Å². The molecule has 1 aliphatic heterocycles. The van der Waals surface area contributed by atoms with E-state index in [0.717, 1.165) is 31.7 Å². The van der Waals surface area contributed by atoms with E-state index in [0.29, 0.717) is 30.8 Å². The van der Waals surface area contributed by atoms with Crippen molar-refractivity contribution in [1.29, 1.82) is 0 Å². The molecule has 3 rings (SSSR count). The molecule has 1 unspecified atom stereocenters. The van der Waals surface area contributed by atoms with Crippen LogP contribution in [0.1, 0.15) is 56.3 Å². The summed E-state index contributed by atoms with van der Waals surface area (Å²) >= 11 is 0. The van der Waals surface area contributed by atoms with Crippen LogP contribution in [0.15, 0.2) is 21.3 Å². The molecule has 126 valence electrons. The minimum Gasteiger partial charge on any atom is -0.469 e. The number of furan rings is 1. The van der Waals surface area contributed by atoms with E-state index in [-0.39, 0.29) is 6.10 Å². The van der Waals surface area contributed by atoms with Gasteiger partial charge in [-0.2, -0.15) is 4.98 Å². The van der Waals surface area contributed by atoms with Gasteiger partial charge in [-0.3, -0.25) is 4.90 Å². The Morgan fingerprint density at radius 1 is 1.35 bits per heavy atom. The fraction of sp³-hybridized carbons (Fsp3) is 0.647. The predicted octanol–water partition coefficient (Wildman–Crippen LogP) is 3.34. The molecule has 0 radical (unpaired) electrons. The maximum atomic E-state index is 5.74. The molecule has 0 spiro atoms. The molecule has 1 atom stereocenters. The third-order valence-corrected chi connectivity index (χ3v) is 4.00. The van der Waals surface area contributed by atoms with Crippen LogP contribution in [0.2, 0.25) is 0 Å². The molecule has 0 amide bonds. The highest BCUT2D eigenvalue weighted by atomic mass is 16.5. The van der Waals surface area contributed by atoms with Gasteiger partial charge in [0.15, 0.2) is 5.82 Å². The molecule has 0 N–H and O–H groups in total. The lowest BCUT2D eigenvalue weighted by molar-refractivity contribution is 0.0402. The van der Waals surface area contributed by atoms with Gasteiger partial charge in [-0.05, 0) is 31.9 Å². The van der Waals surface area contributed by atoms with Crippen molar-refractivity contribution in [1.82, 2.24) is 15.0 Å². The van der Waals surface area contributed by atoms with Crippen LogP contribution in [0.5, 0.6) is 0 Å². The zero-order valence-corrected chi connectivity index (χ0v) is 14.1. The number of hydrogen-bond donors (Lipinski definition) is 0. The van der Waals surface area contributed by atoms with Gasteiger partial charge in [0.25, 0.3) is 0 Å². The zero-order valence-electron chi connectivity index (χ0n) is 14.1. The Bertz CT molecular complexity index is 620. The van der Waals surface area contributed by atoms with Crippen LogP contribution in [0.3, 0.4) is 0 Å². The van der Waals surface area contributed by atoms with Gasteiger partial charge in [0, 0.05) is 25.1 Å². The van der Waals surface area contributed by atoms with Crippen LogP contribution in [0, 0.1) is 5.92 Å². The lowest BCUT2D eigenvalue weighted by atomic mass is 10.2. The Morgan fingerprint density at radius 2 is 2.22 bits per heavy atom. The van der Waals surface area contributed by atoms with Crippen LogP contribution >= 0.6 is 0 Å². The minimum absolute atomic E-state index is 0.139. The van der Waals surface area contributed by atoms with E-state index < -0.39 is 0 Å². The molecule has 0 aliphatic carbocycles.